The fraction of sp³-hybridized carbons (Fsp3) is 0.500. The van der Waals surface area contributed by atoms with Gasteiger partial charge in [-0.1, -0.05) is 31.2 Å². The van der Waals surface area contributed by atoms with Crippen molar-refractivity contribution in [2.24, 2.45) is 5.41 Å². The lowest BCUT2D eigenvalue weighted by atomic mass is 9.99. The smallest absolute Gasteiger partial charge is 0.235 e. The molecule has 2 saturated heterocycles. The van der Waals surface area contributed by atoms with E-state index in [1.807, 2.05) is 29.9 Å². The second-order valence-electron chi connectivity index (χ2n) is 14.5. The van der Waals surface area contributed by atoms with E-state index in [-0.39, 0.29) is 36.8 Å². The average molecular weight is 711 g/mol. The minimum absolute atomic E-state index is 0.195. The van der Waals surface area contributed by atoms with Crippen LogP contribution in [0, 0.1) is 11.2 Å². The van der Waals surface area contributed by atoms with E-state index in [0.717, 1.165) is 83.7 Å². The van der Waals surface area contributed by atoms with Crippen molar-refractivity contribution in [2.75, 3.05) is 38.2 Å². The number of carbonyl (C=O) groups is 2. The summed E-state index contributed by atoms with van der Waals surface area (Å²) in [5, 5.41) is 18.8. The first kappa shape index (κ1) is 36.0. The molecule has 0 spiro atoms. The van der Waals surface area contributed by atoms with Gasteiger partial charge in [-0.3, -0.25) is 14.5 Å². The van der Waals surface area contributed by atoms with Crippen LogP contribution in [-0.2, 0) is 46.9 Å². The van der Waals surface area contributed by atoms with Gasteiger partial charge in [-0.05, 0) is 80.8 Å². The molecular weight excluding hydrogens is 659 g/mol. The Labute approximate surface area is 305 Å². The minimum Gasteiger partial charge on any atom is -0.381 e. The van der Waals surface area contributed by atoms with Gasteiger partial charge in [0.05, 0.1) is 17.3 Å². The number of halogens is 1. The van der Waals surface area contributed by atoms with E-state index >= 15 is 4.39 Å². The van der Waals surface area contributed by atoms with Crippen molar-refractivity contribution >= 4 is 28.5 Å². The third-order valence-corrected chi connectivity index (χ3v) is 10.8. The van der Waals surface area contributed by atoms with Gasteiger partial charge in [0.2, 0.25) is 11.8 Å². The minimum atomic E-state index is -1.12. The molecule has 0 bridgehead atoms. The number of piperazine rings is 1. The maximum Gasteiger partial charge on any atom is 0.235 e. The molecule has 4 heterocycles. The van der Waals surface area contributed by atoms with Crippen LogP contribution in [-0.4, -0.2) is 76.4 Å². The maximum atomic E-state index is 15.2. The first-order chi connectivity index (χ1) is 25.3. The topological polar surface area (TPSA) is 125 Å². The van der Waals surface area contributed by atoms with Crippen LogP contribution >= 0.6 is 0 Å². The van der Waals surface area contributed by atoms with Gasteiger partial charge in [0.1, 0.15) is 11.2 Å². The Kier molecular flexibility index (Phi) is 10.9. The molecule has 2 aromatic carbocycles. The summed E-state index contributed by atoms with van der Waals surface area (Å²) in [5.41, 5.74) is 5.66. The van der Waals surface area contributed by atoms with E-state index in [1.54, 1.807) is 12.1 Å². The molecule has 2 aliphatic heterocycles. The van der Waals surface area contributed by atoms with Crippen LogP contribution in [0.5, 0.6) is 0 Å². The Morgan fingerprint density at radius 2 is 1.83 bits per heavy atom. The highest BCUT2D eigenvalue weighted by atomic mass is 19.1. The zero-order valence-electron chi connectivity index (χ0n) is 30.6. The fourth-order valence-electron chi connectivity index (χ4n) is 7.63. The summed E-state index contributed by atoms with van der Waals surface area (Å²) >= 11 is 0. The second kappa shape index (κ2) is 15.7. The summed E-state index contributed by atoms with van der Waals surface area (Å²) < 4.78 is 22.7. The van der Waals surface area contributed by atoms with Gasteiger partial charge in [0.25, 0.3) is 0 Å². The van der Waals surface area contributed by atoms with Crippen LogP contribution in [0.2, 0.25) is 0 Å². The van der Waals surface area contributed by atoms with Crippen molar-refractivity contribution in [1.29, 1.82) is 0 Å². The predicted octanol–water partition coefficient (Wildman–Crippen LogP) is 4.92. The molecular formula is C40H51FN8O3. The Hall–Kier alpha value is -4.39. The molecule has 3 fully saturated rings. The Morgan fingerprint density at radius 1 is 1.04 bits per heavy atom. The number of ether oxygens (including phenoxy) is 1. The van der Waals surface area contributed by atoms with Crippen molar-refractivity contribution in [1.82, 2.24) is 35.6 Å². The number of rotatable bonds is 13. The summed E-state index contributed by atoms with van der Waals surface area (Å²) in [5.74, 6) is -0.908. The van der Waals surface area contributed by atoms with Crippen molar-refractivity contribution < 1.29 is 18.7 Å². The first-order valence-electron chi connectivity index (χ1n) is 18.9. The van der Waals surface area contributed by atoms with Gasteiger partial charge < -0.3 is 26.0 Å². The number of amides is 2. The van der Waals surface area contributed by atoms with Crippen LogP contribution < -0.4 is 21.3 Å². The van der Waals surface area contributed by atoms with Crippen LogP contribution in [0.1, 0.15) is 68.8 Å². The molecule has 3 aliphatic rings. The number of aromatic nitrogens is 3. The quantitative estimate of drug-likeness (QED) is 0.144. The lowest BCUT2D eigenvalue weighted by Gasteiger charge is -2.31. The van der Waals surface area contributed by atoms with Gasteiger partial charge >= 0.3 is 0 Å². The molecule has 7 rings (SSSR count). The molecule has 2 aromatic heterocycles. The molecule has 4 aromatic rings. The maximum absolute atomic E-state index is 15.2. The Bertz CT molecular complexity index is 1920. The second-order valence-corrected chi connectivity index (χ2v) is 14.5. The highest BCUT2D eigenvalue weighted by Crippen LogP contribution is 2.46. The molecule has 11 nitrogen and oxygen atoms in total. The molecule has 4 N–H and O–H groups in total. The zero-order valence-corrected chi connectivity index (χ0v) is 30.6. The van der Waals surface area contributed by atoms with Crippen LogP contribution in [0.4, 0.5) is 10.1 Å². The van der Waals surface area contributed by atoms with Gasteiger partial charge in [-0.25, -0.2) is 14.1 Å². The standard InChI is InChI=1S/C40H51FN8O3/c1-4-35-32(36(46-30-11-17-52-18-12-30)33-23-45-49(5-2)37(33)47-35)22-44-39(51)40(13-14-40)38(50)43-21-27-9-10-34(41)31(20-27)29-8-6-7-28(19-29)25-48-16-15-42-26(3)24-48/h6-10,19-20,23,26,30,42H,4-5,11-18,21-22,24-25H2,1-3H3,(H,43,50)(H,44,51)(H,46,47). The molecule has 1 unspecified atom stereocenters. The van der Waals surface area contributed by atoms with Crippen LogP contribution in [0.15, 0.2) is 48.7 Å². The SMILES string of the molecule is CCc1nc2c(cnn2CC)c(NC2CCOCC2)c1CNC(=O)C1(C(=O)NCc2ccc(F)c(-c3cccc(CN4CCNC(C)C4)c3)c2)CC1. The van der Waals surface area contributed by atoms with Gasteiger partial charge in [0.15, 0.2) is 5.65 Å². The zero-order chi connectivity index (χ0) is 36.2. The van der Waals surface area contributed by atoms with E-state index in [1.165, 1.54) is 6.07 Å². The van der Waals surface area contributed by atoms with Crippen LogP contribution in [0.3, 0.4) is 0 Å². The third kappa shape index (κ3) is 7.69. The van der Waals surface area contributed by atoms with E-state index in [9.17, 15) is 9.59 Å². The molecule has 1 aliphatic carbocycles. The molecule has 1 atom stereocenters. The molecule has 12 heteroatoms. The first-order valence-corrected chi connectivity index (χ1v) is 18.9. The summed E-state index contributed by atoms with van der Waals surface area (Å²) in [6.07, 6.45) is 5.27. The monoisotopic (exact) mass is 710 g/mol. The summed E-state index contributed by atoms with van der Waals surface area (Å²) in [6, 6.07) is 13.6. The number of benzene rings is 2. The number of hydrogen-bond acceptors (Lipinski definition) is 8. The Morgan fingerprint density at radius 3 is 2.56 bits per heavy atom. The van der Waals surface area contributed by atoms with E-state index in [4.69, 9.17) is 9.72 Å². The number of nitrogens with zero attached hydrogens (tertiary/aromatic N) is 4. The third-order valence-electron chi connectivity index (χ3n) is 10.8. The van der Waals surface area contributed by atoms with Crippen molar-refractivity contribution in [3.8, 4) is 11.1 Å². The molecule has 52 heavy (non-hydrogen) atoms. The fourth-order valence-corrected chi connectivity index (χ4v) is 7.63. The summed E-state index contributed by atoms with van der Waals surface area (Å²) in [6.45, 7) is 12.6. The highest BCUT2D eigenvalue weighted by Gasteiger charge is 2.56. The van der Waals surface area contributed by atoms with Gasteiger partial charge in [-0.2, -0.15) is 5.10 Å². The normalized spacial score (nSPS) is 19.0. The van der Waals surface area contributed by atoms with Crippen molar-refractivity contribution in [3.63, 3.8) is 0 Å². The molecule has 2 amide bonds. The van der Waals surface area contributed by atoms with Crippen LogP contribution in [0.25, 0.3) is 22.2 Å². The number of anilines is 1. The summed E-state index contributed by atoms with van der Waals surface area (Å²) in [7, 11) is 0. The van der Waals surface area contributed by atoms with E-state index in [2.05, 4.69) is 57.2 Å². The molecule has 276 valence electrons. The lowest BCUT2D eigenvalue weighted by molar-refractivity contribution is -0.137. The number of aryl methyl sites for hydroxylation is 2. The lowest BCUT2D eigenvalue weighted by Crippen LogP contribution is -2.48. The van der Waals surface area contributed by atoms with E-state index < -0.39 is 5.41 Å². The van der Waals surface area contributed by atoms with Crippen molar-refractivity contribution in [2.45, 2.75) is 91.1 Å². The Balaban J connectivity index is 1.02. The van der Waals surface area contributed by atoms with Crippen molar-refractivity contribution in [3.05, 3.63) is 76.9 Å². The summed E-state index contributed by atoms with van der Waals surface area (Å²) in [4.78, 5) is 34.7. The van der Waals surface area contributed by atoms with Gasteiger partial charge in [0, 0.05) is 87.9 Å². The largest absolute Gasteiger partial charge is 0.381 e. The molecule has 0 radical (unpaired) electrons. The number of pyridine rings is 1. The number of hydrogen-bond donors (Lipinski definition) is 4. The number of nitrogens with one attached hydrogen (secondary N) is 4. The van der Waals surface area contributed by atoms with E-state index in [0.29, 0.717) is 50.6 Å². The predicted molar refractivity (Wildman–Crippen MR) is 200 cm³/mol. The number of fused-ring (bicyclic) bond motifs is 1. The molecule has 1 saturated carbocycles. The number of carbonyl (C=O) groups excluding carboxylic acids is 2. The van der Waals surface area contributed by atoms with Gasteiger partial charge in [-0.15, -0.1) is 0 Å². The average Bonchev–Trinajstić information content (AvgIpc) is 3.88. The highest BCUT2D eigenvalue weighted by molar-refractivity contribution is 6.08.